The van der Waals surface area contributed by atoms with Crippen LogP contribution in [0.3, 0.4) is 0 Å². The fraction of sp³-hybridized carbons (Fsp3) is 0.571. The number of nitrogens with zero attached hydrogens (tertiary/aromatic N) is 1. The highest BCUT2D eigenvalue weighted by Gasteiger charge is 2.27. The van der Waals surface area contributed by atoms with E-state index in [-0.39, 0.29) is 5.82 Å². The van der Waals surface area contributed by atoms with Gasteiger partial charge < -0.3 is 10.2 Å². The first kappa shape index (κ1) is 12.5. The number of benzene rings is 1. The summed E-state index contributed by atoms with van der Waals surface area (Å²) in [7, 11) is 0. The molecule has 17 heavy (non-hydrogen) atoms. The second-order valence-electron chi connectivity index (χ2n) is 5.17. The van der Waals surface area contributed by atoms with Crippen LogP contribution in [0.1, 0.15) is 19.4 Å². The first-order chi connectivity index (χ1) is 8.15. The Morgan fingerprint density at radius 2 is 1.94 bits per heavy atom. The molecule has 0 aromatic heterocycles. The van der Waals surface area contributed by atoms with Gasteiger partial charge in [0.05, 0.1) is 0 Å². The van der Waals surface area contributed by atoms with Gasteiger partial charge in [-0.25, -0.2) is 4.39 Å². The lowest BCUT2D eigenvalue weighted by molar-refractivity contribution is 0.0675. The van der Waals surface area contributed by atoms with Crippen LogP contribution in [0, 0.1) is 11.7 Å². The molecule has 1 aromatic rings. The molecular formula is C14H21FN2. The summed E-state index contributed by atoms with van der Waals surface area (Å²) in [6.45, 7) is 8.77. The van der Waals surface area contributed by atoms with Crippen LogP contribution in [0.2, 0.25) is 0 Å². The molecule has 0 radical (unpaired) electrons. The van der Waals surface area contributed by atoms with Crippen LogP contribution in [-0.2, 0) is 6.54 Å². The molecule has 1 N–H and O–H groups in total. The Morgan fingerprint density at radius 1 is 1.29 bits per heavy atom. The molecule has 0 saturated carbocycles. The van der Waals surface area contributed by atoms with E-state index in [1.54, 1.807) is 0 Å². The highest BCUT2D eigenvalue weighted by molar-refractivity contribution is 5.15. The lowest BCUT2D eigenvalue weighted by Crippen LogP contribution is -2.53. The molecule has 0 aliphatic carbocycles. The lowest BCUT2D eigenvalue weighted by Gasteiger charge is -2.42. The Kier molecular flexibility index (Phi) is 4.13. The standard InChI is InChI=1S/C14H21FN2/c1-11(2)17-9-13(10-17)8-16-7-12-3-5-14(15)6-4-12/h3-6,11,13,16H,7-10H2,1-2H3. The van der Waals surface area contributed by atoms with Gasteiger partial charge in [-0.2, -0.15) is 0 Å². The Bertz CT molecular complexity index is 342. The van der Waals surface area contributed by atoms with Gasteiger partial charge in [0.15, 0.2) is 0 Å². The second kappa shape index (κ2) is 5.61. The summed E-state index contributed by atoms with van der Waals surface area (Å²) in [4.78, 5) is 2.48. The number of likely N-dealkylation sites (tertiary alicyclic amines) is 1. The predicted molar refractivity (Wildman–Crippen MR) is 68.3 cm³/mol. The summed E-state index contributed by atoms with van der Waals surface area (Å²) in [6, 6.07) is 7.37. The topological polar surface area (TPSA) is 15.3 Å². The van der Waals surface area contributed by atoms with Crippen LogP contribution < -0.4 is 5.32 Å². The third-order valence-electron chi connectivity index (χ3n) is 3.39. The molecule has 1 fully saturated rings. The molecule has 3 heteroatoms. The van der Waals surface area contributed by atoms with Gasteiger partial charge in [0, 0.05) is 32.2 Å². The van der Waals surface area contributed by atoms with Gasteiger partial charge in [-0.15, -0.1) is 0 Å². The summed E-state index contributed by atoms with van der Waals surface area (Å²) in [5.74, 6) is 0.609. The largest absolute Gasteiger partial charge is 0.312 e. The van der Waals surface area contributed by atoms with Crippen molar-refractivity contribution in [2.24, 2.45) is 5.92 Å². The van der Waals surface area contributed by atoms with Crippen molar-refractivity contribution in [2.75, 3.05) is 19.6 Å². The van der Waals surface area contributed by atoms with Crippen LogP contribution in [0.4, 0.5) is 4.39 Å². The Labute approximate surface area is 103 Å². The average molecular weight is 236 g/mol. The van der Waals surface area contributed by atoms with Gasteiger partial charge in [0.2, 0.25) is 0 Å². The van der Waals surface area contributed by atoms with Crippen LogP contribution in [0.5, 0.6) is 0 Å². The Hall–Kier alpha value is -0.930. The minimum absolute atomic E-state index is 0.166. The molecule has 94 valence electrons. The van der Waals surface area contributed by atoms with Gasteiger partial charge in [-0.1, -0.05) is 12.1 Å². The molecule has 1 aromatic carbocycles. The highest BCUT2D eigenvalue weighted by atomic mass is 19.1. The van der Waals surface area contributed by atoms with E-state index in [1.807, 2.05) is 12.1 Å². The maximum absolute atomic E-state index is 12.7. The first-order valence-electron chi connectivity index (χ1n) is 6.34. The van der Waals surface area contributed by atoms with Gasteiger partial charge in [-0.05, 0) is 37.5 Å². The summed E-state index contributed by atoms with van der Waals surface area (Å²) < 4.78 is 12.7. The quantitative estimate of drug-likeness (QED) is 0.843. The van der Waals surface area contributed by atoms with Crippen LogP contribution in [0.25, 0.3) is 0 Å². The SMILES string of the molecule is CC(C)N1CC(CNCc2ccc(F)cc2)C1. The summed E-state index contributed by atoms with van der Waals surface area (Å²) in [5.41, 5.74) is 1.14. The van der Waals surface area contributed by atoms with E-state index in [2.05, 4.69) is 24.1 Å². The summed E-state index contributed by atoms with van der Waals surface area (Å²) >= 11 is 0. The Morgan fingerprint density at radius 3 is 2.53 bits per heavy atom. The third-order valence-corrected chi connectivity index (χ3v) is 3.39. The van der Waals surface area contributed by atoms with Crippen molar-refractivity contribution in [3.8, 4) is 0 Å². The first-order valence-corrected chi connectivity index (χ1v) is 6.34. The fourth-order valence-electron chi connectivity index (χ4n) is 2.18. The van der Waals surface area contributed by atoms with E-state index < -0.39 is 0 Å². The minimum Gasteiger partial charge on any atom is -0.312 e. The molecule has 0 atom stereocenters. The van der Waals surface area contributed by atoms with Crippen LogP contribution in [-0.4, -0.2) is 30.6 Å². The number of hydrogen-bond acceptors (Lipinski definition) is 2. The number of rotatable bonds is 5. The maximum atomic E-state index is 12.7. The lowest BCUT2D eigenvalue weighted by atomic mass is 9.98. The van der Waals surface area contributed by atoms with E-state index >= 15 is 0 Å². The molecule has 0 amide bonds. The van der Waals surface area contributed by atoms with E-state index in [0.29, 0.717) is 6.04 Å². The number of nitrogens with one attached hydrogen (secondary N) is 1. The van der Waals surface area contributed by atoms with Gasteiger partial charge in [-0.3, -0.25) is 0 Å². The van der Waals surface area contributed by atoms with Crippen molar-refractivity contribution in [1.82, 2.24) is 10.2 Å². The zero-order valence-corrected chi connectivity index (χ0v) is 10.6. The van der Waals surface area contributed by atoms with Gasteiger partial charge in [0.25, 0.3) is 0 Å². The molecule has 0 bridgehead atoms. The van der Waals surface area contributed by atoms with Crippen molar-refractivity contribution in [3.63, 3.8) is 0 Å². The van der Waals surface area contributed by atoms with Crippen molar-refractivity contribution in [2.45, 2.75) is 26.4 Å². The Balaban J connectivity index is 1.63. The predicted octanol–water partition coefficient (Wildman–Crippen LogP) is 2.26. The second-order valence-corrected chi connectivity index (χ2v) is 5.17. The zero-order chi connectivity index (χ0) is 12.3. The number of hydrogen-bond donors (Lipinski definition) is 1. The van der Waals surface area contributed by atoms with Crippen LogP contribution in [0.15, 0.2) is 24.3 Å². The molecule has 0 unspecified atom stereocenters. The average Bonchev–Trinajstić information content (AvgIpc) is 2.23. The van der Waals surface area contributed by atoms with Gasteiger partial charge in [0.1, 0.15) is 5.82 Å². The molecule has 1 heterocycles. The summed E-state index contributed by atoms with van der Waals surface area (Å²) in [6.07, 6.45) is 0. The molecular weight excluding hydrogens is 215 g/mol. The molecule has 0 spiro atoms. The van der Waals surface area contributed by atoms with Crippen molar-refractivity contribution in [3.05, 3.63) is 35.6 Å². The highest BCUT2D eigenvalue weighted by Crippen LogP contribution is 2.17. The van der Waals surface area contributed by atoms with Crippen LogP contribution >= 0.6 is 0 Å². The van der Waals surface area contributed by atoms with Crippen molar-refractivity contribution < 1.29 is 4.39 Å². The van der Waals surface area contributed by atoms with E-state index in [4.69, 9.17) is 0 Å². The fourth-order valence-corrected chi connectivity index (χ4v) is 2.18. The summed E-state index contributed by atoms with van der Waals surface area (Å²) in [5, 5.41) is 3.43. The molecule has 1 aliphatic rings. The molecule has 2 nitrogen and oxygen atoms in total. The van der Waals surface area contributed by atoms with Gasteiger partial charge >= 0.3 is 0 Å². The van der Waals surface area contributed by atoms with E-state index in [1.165, 1.54) is 25.2 Å². The molecule has 1 saturated heterocycles. The minimum atomic E-state index is -0.166. The zero-order valence-electron chi connectivity index (χ0n) is 10.6. The maximum Gasteiger partial charge on any atom is 0.123 e. The normalized spacial score (nSPS) is 17.4. The third kappa shape index (κ3) is 3.51. The van der Waals surface area contributed by atoms with E-state index in [0.717, 1.165) is 24.6 Å². The van der Waals surface area contributed by atoms with E-state index in [9.17, 15) is 4.39 Å². The van der Waals surface area contributed by atoms with Crippen molar-refractivity contribution in [1.29, 1.82) is 0 Å². The van der Waals surface area contributed by atoms with Crippen molar-refractivity contribution >= 4 is 0 Å². The monoisotopic (exact) mass is 236 g/mol. The smallest absolute Gasteiger partial charge is 0.123 e. The molecule has 2 rings (SSSR count). The molecule has 1 aliphatic heterocycles. The number of halogens is 1.